The van der Waals surface area contributed by atoms with Gasteiger partial charge in [-0.05, 0) is 47.4 Å². The van der Waals surface area contributed by atoms with E-state index in [4.69, 9.17) is 5.73 Å². The van der Waals surface area contributed by atoms with Crippen molar-refractivity contribution in [3.8, 4) is 5.75 Å². The van der Waals surface area contributed by atoms with Gasteiger partial charge in [-0.2, -0.15) is 0 Å². The molecule has 0 amide bonds. The number of rotatable bonds is 2. The Morgan fingerprint density at radius 3 is 2.85 bits per heavy atom. The Labute approximate surface area is 90.5 Å². The van der Waals surface area contributed by atoms with Crippen LogP contribution in [-0.4, -0.2) is 10.1 Å². The zero-order valence-electron chi connectivity index (χ0n) is 7.07. The molecule has 2 rings (SSSR count). The normalized spacial score (nSPS) is 18.6. The van der Waals surface area contributed by atoms with E-state index in [0.29, 0.717) is 11.6 Å². The number of hydrogen-bond acceptors (Lipinski definition) is 3. The summed E-state index contributed by atoms with van der Waals surface area (Å²) in [5.41, 5.74) is 6.57. The molecule has 4 heteroatoms. The summed E-state index contributed by atoms with van der Waals surface area (Å²) in [6.45, 7) is 0. The van der Waals surface area contributed by atoms with Crippen molar-refractivity contribution in [2.24, 2.45) is 11.7 Å². The van der Waals surface area contributed by atoms with Crippen molar-refractivity contribution in [3.63, 3.8) is 0 Å². The first-order valence-electron chi connectivity index (χ1n) is 4.28. The molecule has 1 aliphatic rings. The predicted octanol–water partition coefficient (Wildman–Crippen LogP) is 1.80. The number of aromatic nitrogens is 1. The lowest BCUT2D eigenvalue weighted by Crippen LogP contribution is -2.14. The Bertz CT molecular complexity index is 325. The van der Waals surface area contributed by atoms with E-state index < -0.39 is 0 Å². The molecule has 1 aliphatic carbocycles. The van der Waals surface area contributed by atoms with Gasteiger partial charge in [-0.3, -0.25) is 4.98 Å². The zero-order chi connectivity index (χ0) is 9.42. The van der Waals surface area contributed by atoms with Gasteiger partial charge in [0.15, 0.2) is 0 Å². The molecule has 0 aromatic carbocycles. The van der Waals surface area contributed by atoms with Crippen LogP contribution in [0.4, 0.5) is 0 Å². The topological polar surface area (TPSA) is 59.1 Å². The number of halogens is 1. The van der Waals surface area contributed by atoms with Gasteiger partial charge in [0.25, 0.3) is 0 Å². The molecule has 1 aromatic heterocycles. The van der Waals surface area contributed by atoms with Crippen LogP contribution < -0.4 is 5.73 Å². The van der Waals surface area contributed by atoms with E-state index in [-0.39, 0.29) is 11.8 Å². The summed E-state index contributed by atoms with van der Waals surface area (Å²) >= 11 is 2.12. The monoisotopic (exact) mass is 290 g/mol. The molecular weight excluding hydrogens is 279 g/mol. The van der Waals surface area contributed by atoms with E-state index in [1.54, 1.807) is 12.3 Å². The van der Waals surface area contributed by atoms with Gasteiger partial charge in [0.1, 0.15) is 5.75 Å². The summed E-state index contributed by atoms with van der Waals surface area (Å²) < 4.78 is 0.932. The third kappa shape index (κ3) is 1.94. The smallest absolute Gasteiger partial charge is 0.139 e. The quantitative estimate of drug-likeness (QED) is 0.817. The van der Waals surface area contributed by atoms with Crippen LogP contribution in [0.25, 0.3) is 0 Å². The Morgan fingerprint density at radius 1 is 1.62 bits per heavy atom. The lowest BCUT2D eigenvalue weighted by molar-refractivity contribution is 0.449. The van der Waals surface area contributed by atoms with Gasteiger partial charge < -0.3 is 10.8 Å². The van der Waals surface area contributed by atoms with Crippen molar-refractivity contribution in [1.82, 2.24) is 4.98 Å². The molecule has 0 saturated heterocycles. The first-order chi connectivity index (χ1) is 6.18. The highest BCUT2D eigenvalue weighted by Gasteiger charge is 2.31. The molecule has 3 nitrogen and oxygen atoms in total. The molecule has 70 valence electrons. The van der Waals surface area contributed by atoms with Crippen molar-refractivity contribution in [2.45, 2.75) is 18.9 Å². The Balaban J connectivity index is 2.28. The van der Waals surface area contributed by atoms with Crippen molar-refractivity contribution in [1.29, 1.82) is 0 Å². The highest BCUT2D eigenvalue weighted by Crippen LogP contribution is 2.41. The van der Waals surface area contributed by atoms with Crippen LogP contribution in [0.1, 0.15) is 24.6 Å². The summed E-state index contributed by atoms with van der Waals surface area (Å²) in [5.74, 6) is 0.754. The highest BCUT2D eigenvalue weighted by molar-refractivity contribution is 14.1. The van der Waals surface area contributed by atoms with Crippen LogP contribution in [0.5, 0.6) is 5.75 Å². The third-order valence-corrected chi connectivity index (χ3v) is 2.90. The summed E-state index contributed by atoms with van der Waals surface area (Å²) in [6, 6.07) is 1.61. The van der Waals surface area contributed by atoms with Gasteiger partial charge in [-0.1, -0.05) is 0 Å². The van der Waals surface area contributed by atoms with Crippen LogP contribution in [0.15, 0.2) is 12.3 Å². The van der Waals surface area contributed by atoms with E-state index in [9.17, 15) is 5.11 Å². The summed E-state index contributed by atoms with van der Waals surface area (Å²) in [5, 5.41) is 9.59. The molecule has 1 atom stereocenters. The second-order valence-corrected chi connectivity index (χ2v) is 4.67. The van der Waals surface area contributed by atoms with E-state index >= 15 is 0 Å². The SMILES string of the molecule is N[C@H](c1ncc(I)cc1O)C1CC1. The van der Waals surface area contributed by atoms with Gasteiger partial charge in [-0.25, -0.2) is 0 Å². The third-order valence-electron chi connectivity index (χ3n) is 2.31. The Kier molecular flexibility index (Phi) is 2.42. The van der Waals surface area contributed by atoms with Gasteiger partial charge in [0, 0.05) is 9.77 Å². The lowest BCUT2D eigenvalue weighted by atomic mass is 10.1. The summed E-state index contributed by atoms with van der Waals surface area (Å²) in [4.78, 5) is 4.16. The van der Waals surface area contributed by atoms with E-state index in [1.165, 1.54) is 0 Å². The van der Waals surface area contributed by atoms with Crippen LogP contribution in [0.2, 0.25) is 0 Å². The van der Waals surface area contributed by atoms with Crippen molar-refractivity contribution in [3.05, 3.63) is 21.5 Å². The fraction of sp³-hybridized carbons (Fsp3) is 0.444. The minimum atomic E-state index is -0.0861. The average molecular weight is 290 g/mol. The second kappa shape index (κ2) is 3.42. The summed E-state index contributed by atoms with van der Waals surface area (Å²) in [6.07, 6.45) is 4.06. The van der Waals surface area contributed by atoms with E-state index in [1.807, 2.05) is 0 Å². The molecular formula is C9H11IN2O. The molecule has 0 radical (unpaired) electrons. The minimum Gasteiger partial charge on any atom is -0.506 e. The fourth-order valence-electron chi connectivity index (χ4n) is 1.37. The molecule has 1 aromatic rings. The standard InChI is InChI=1S/C9H11IN2O/c10-6-3-7(13)9(12-4-6)8(11)5-1-2-5/h3-5,8,13H,1-2,11H2/t8-/m0/s1. The molecule has 13 heavy (non-hydrogen) atoms. The maximum atomic E-state index is 9.59. The first kappa shape index (κ1) is 9.21. The molecule has 0 bridgehead atoms. The highest BCUT2D eigenvalue weighted by atomic mass is 127. The second-order valence-electron chi connectivity index (χ2n) is 3.42. The summed E-state index contributed by atoms with van der Waals surface area (Å²) in [7, 11) is 0. The van der Waals surface area contributed by atoms with E-state index in [0.717, 1.165) is 16.4 Å². The van der Waals surface area contributed by atoms with Gasteiger partial charge in [-0.15, -0.1) is 0 Å². The molecule has 0 aliphatic heterocycles. The predicted molar refractivity (Wildman–Crippen MR) is 58.3 cm³/mol. The van der Waals surface area contributed by atoms with Crippen LogP contribution in [-0.2, 0) is 0 Å². The van der Waals surface area contributed by atoms with Gasteiger partial charge in [0.2, 0.25) is 0 Å². The van der Waals surface area contributed by atoms with Crippen molar-refractivity contribution in [2.75, 3.05) is 0 Å². The van der Waals surface area contributed by atoms with Gasteiger partial charge >= 0.3 is 0 Å². The van der Waals surface area contributed by atoms with Gasteiger partial charge in [0.05, 0.1) is 11.7 Å². The van der Waals surface area contributed by atoms with Crippen LogP contribution in [0, 0.1) is 9.49 Å². The fourth-order valence-corrected chi connectivity index (χ4v) is 1.81. The molecule has 1 fully saturated rings. The average Bonchev–Trinajstić information content (AvgIpc) is 2.85. The first-order valence-corrected chi connectivity index (χ1v) is 5.36. The Hall–Kier alpha value is -0.360. The van der Waals surface area contributed by atoms with Crippen LogP contribution in [0.3, 0.4) is 0 Å². The number of nitrogens with zero attached hydrogens (tertiary/aromatic N) is 1. The molecule has 1 heterocycles. The number of pyridine rings is 1. The molecule has 0 spiro atoms. The number of hydrogen-bond donors (Lipinski definition) is 2. The molecule has 1 saturated carbocycles. The van der Waals surface area contributed by atoms with Crippen molar-refractivity contribution >= 4 is 22.6 Å². The number of nitrogens with two attached hydrogens (primary N) is 1. The number of aromatic hydroxyl groups is 1. The Morgan fingerprint density at radius 2 is 2.31 bits per heavy atom. The largest absolute Gasteiger partial charge is 0.506 e. The lowest BCUT2D eigenvalue weighted by Gasteiger charge is -2.10. The minimum absolute atomic E-state index is 0.0861. The zero-order valence-corrected chi connectivity index (χ0v) is 9.23. The van der Waals surface area contributed by atoms with Crippen molar-refractivity contribution < 1.29 is 5.11 Å². The molecule has 0 unspecified atom stereocenters. The van der Waals surface area contributed by atoms with E-state index in [2.05, 4.69) is 27.6 Å². The molecule has 3 N–H and O–H groups in total. The van der Waals surface area contributed by atoms with Crippen LogP contribution >= 0.6 is 22.6 Å². The maximum absolute atomic E-state index is 9.59. The maximum Gasteiger partial charge on any atom is 0.139 e.